The maximum Gasteiger partial charge on any atom is 0.251 e. The van der Waals surface area contributed by atoms with Gasteiger partial charge in [0.1, 0.15) is 5.75 Å². The van der Waals surface area contributed by atoms with Crippen LogP contribution in [-0.2, 0) is 0 Å². The number of pyridine rings is 1. The molecule has 0 unspecified atom stereocenters. The summed E-state index contributed by atoms with van der Waals surface area (Å²) in [6, 6.07) is 8.92. The SMILES string of the molecule is Cc1ccc(-c2nnc(-c3cccnc3)o2)c(O)c1. The Labute approximate surface area is 109 Å². The van der Waals surface area contributed by atoms with Crippen molar-refractivity contribution in [2.45, 2.75) is 6.92 Å². The van der Waals surface area contributed by atoms with Crippen molar-refractivity contribution in [3.8, 4) is 28.7 Å². The molecule has 3 rings (SSSR count). The number of phenolic OH excluding ortho intramolecular Hbond substituents is 1. The van der Waals surface area contributed by atoms with E-state index in [-0.39, 0.29) is 11.6 Å². The lowest BCUT2D eigenvalue weighted by Gasteiger charge is -2.00. The van der Waals surface area contributed by atoms with Crippen molar-refractivity contribution in [3.63, 3.8) is 0 Å². The van der Waals surface area contributed by atoms with Crippen LogP contribution in [0, 0.1) is 6.92 Å². The molecule has 0 aliphatic heterocycles. The highest BCUT2D eigenvalue weighted by molar-refractivity contribution is 5.64. The van der Waals surface area contributed by atoms with Crippen LogP contribution in [0.25, 0.3) is 22.9 Å². The van der Waals surface area contributed by atoms with Crippen molar-refractivity contribution in [3.05, 3.63) is 48.3 Å². The number of hydrogen-bond donors (Lipinski definition) is 1. The van der Waals surface area contributed by atoms with Gasteiger partial charge in [-0.15, -0.1) is 10.2 Å². The van der Waals surface area contributed by atoms with Crippen LogP contribution in [-0.4, -0.2) is 20.3 Å². The van der Waals surface area contributed by atoms with Crippen LogP contribution in [0.15, 0.2) is 47.1 Å². The normalized spacial score (nSPS) is 10.6. The van der Waals surface area contributed by atoms with Gasteiger partial charge < -0.3 is 9.52 Å². The van der Waals surface area contributed by atoms with Crippen LogP contribution in [0.3, 0.4) is 0 Å². The molecule has 0 amide bonds. The Morgan fingerprint density at radius 3 is 2.68 bits per heavy atom. The third-order valence-electron chi connectivity index (χ3n) is 2.72. The Morgan fingerprint density at radius 2 is 1.95 bits per heavy atom. The molecule has 5 heteroatoms. The number of aromatic hydroxyl groups is 1. The number of hydrogen-bond acceptors (Lipinski definition) is 5. The molecule has 0 atom stereocenters. The van der Waals surface area contributed by atoms with Gasteiger partial charge in [0, 0.05) is 12.4 Å². The number of aromatic nitrogens is 3. The van der Waals surface area contributed by atoms with Crippen LogP contribution < -0.4 is 0 Å². The van der Waals surface area contributed by atoms with Gasteiger partial charge >= 0.3 is 0 Å². The molecule has 0 spiro atoms. The minimum absolute atomic E-state index is 0.126. The molecule has 1 N–H and O–H groups in total. The zero-order valence-corrected chi connectivity index (χ0v) is 10.2. The second-order valence-electron chi connectivity index (χ2n) is 4.17. The Hall–Kier alpha value is -2.69. The molecule has 94 valence electrons. The van der Waals surface area contributed by atoms with Gasteiger partial charge in [-0.25, -0.2) is 0 Å². The number of aryl methyl sites for hydroxylation is 1. The Morgan fingerprint density at radius 1 is 1.11 bits per heavy atom. The molecule has 3 aromatic rings. The smallest absolute Gasteiger partial charge is 0.251 e. The molecule has 0 saturated heterocycles. The third kappa shape index (κ3) is 2.18. The number of benzene rings is 1. The largest absolute Gasteiger partial charge is 0.507 e. The van der Waals surface area contributed by atoms with Crippen LogP contribution in [0.2, 0.25) is 0 Å². The van der Waals surface area contributed by atoms with Crippen molar-refractivity contribution in [1.82, 2.24) is 15.2 Å². The third-order valence-corrected chi connectivity index (χ3v) is 2.72. The molecule has 0 fully saturated rings. The molecule has 2 heterocycles. The van der Waals surface area contributed by atoms with Gasteiger partial charge in [-0.2, -0.15) is 0 Å². The fourth-order valence-electron chi connectivity index (χ4n) is 1.76. The van der Waals surface area contributed by atoms with Crippen LogP contribution in [0.4, 0.5) is 0 Å². The standard InChI is InChI=1S/C14H11N3O2/c1-9-4-5-11(12(18)7-9)14-17-16-13(19-14)10-3-2-6-15-8-10/h2-8,18H,1H3. The van der Waals surface area contributed by atoms with Crippen molar-refractivity contribution >= 4 is 0 Å². The lowest BCUT2D eigenvalue weighted by atomic mass is 10.1. The molecule has 19 heavy (non-hydrogen) atoms. The maximum absolute atomic E-state index is 9.88. The summed E-state index contributed by atoms with van der Waals surface area (Å²) >= 11 is 0. The maximum atomic E-state index is 9.88. The fourth-order valence-corrected chi connectivity index (χ4v) is 1.76. The molecule has 0 aliphatic rings. The second-order valence-corrected chi connectivity index (χ2v) is 4.17. The lowest BCUT2D eigenvalue weighted by Crippen LogP contribution is -1.80. The van der Waals surface area contributed by atoms with Gasteiger partial charge in [-0.1, -0.05) is 6.07 Å². The van der Waals surface area contributed by atoms with E-state index in [0.717, 1.165) is 11.1 Å². The first-order chi connectivity index (χ1) is 9.24. The van der Waals surface area contributed by atoms with E-state index >= 15 is 0 Å². The molecule has 2 aromatic heterocycles. The molecule has 0 bridgehead atoms. The monoisotopic (exact) mass is 253 g/mol. The van der Waals surface area contributed by atoms with Gasteiger partial charge in [-0.05, 0) is 36.8 Å². The summed E-state index contributed by atoms with van der Waals surface area (Å²) in [6.45, 7) is 1.90. The highest BCUT2D eigenvalue weighted by Gasteiger charge is 2.13. The van der Waals surface area contributed by atoms with E-state index in [0.29, 0.717) is 11.5 Å². The quantitative estimate of drug-likeness (QED) is 0.760. The van der Waals surface area contributed by atoms with E-state index in [9.17, 15) is 5.11 Å². The second kappa shape index (κ2) is 4.53. The van der Waals surface area contributed by atoms with Crippen molar-refractivity contribution in [1.29, 1.82) is 0 Å². The summed E-state index contributed by atoms with van der Waals surface area (Å²) in [4.78, 5) is 4.00. The van der Waals surface area contributed by atoms with Crippen molar-refractivity contribution in [2.24, 2.45) is 0 Å². The van der Waals surface area contributed by atoms with Gasteiger partial charge in [0.15, 0.2) is 0 Å². The van der Waals surface area contributed by atoms with Crippen molar-refractivity contribution < 1.29 is 9.52 Å². The first-order valence-corrected chi connectivity index (χ1v) is 5.78. The highest BCUT2D eigenvalue weighted by Crippen LogP contribution is 2.30. The molecule has 0 radical (unpaired) electrons. The molecular weight excluding hydrogens is 242 g/mol. The van der Waals surface area contributed by atoms with E-state index in [1.807, 2.05) is 19.1 Å². The predicted octanol–water partition coefficient (Wildman–Crippen LogP) is 2.81. The fraction of sp³-hybridized carbons (Fsp3) is 0.0714. The van der Waals surface area contributed by atoms with E-state index in [4.69, 9.17) is 4.42 Å². The number of rotatable bonds is 2. The zero-order chi connectivity index (χ0) is 13.2. The predicted molar refractivity (Wildman–Crippen MR) is 69.4 cm³/mol. The Balaban J connectivity index is 2.02. The summed E-state index contributed by atoms with van der Waals surface area (Å²) in [5, 5.41) is 17.8. The van der Waals surface area contributed by atoms with Gasteiger partial charge in [-0.3, -0.25) is 4.98 Å². The molecule has 5 nitrogen and oxygen atoms in total. The summed E-state index contributed by atoms with van der Waals surface area (Å²) in [5.74, 6) is 0.792. The van der Waals surface area contributed by atoms with Crippen LogP contribution in [0.1, 0.15) is 5.56 Å². The minimum atomic E-state index is 0.126. The summed E-state index contributed by atoms with van der Waals surface area (Å²) in [7, 11) is 0. The molecular formula is C14H11N3O2. The summed E-state index contributed by atoms with van der Waals surface area (Å²) in [5.41, 5.74) is 2.23. The minimum Gasteiger partial charge on any atom is -0.507 e. The molecule has 0 aliphatic carbocycles. The first-order valence-electron chi connectivity index (χ1n) is 5.78. The molecule has 0 saturated carbocycles. The average molecular weight is 253 g/mol. The van der Waals surface area contributed by atoms with Crippen LogP contribution >= 0.6 is 0 Å². The highest BCUT2D eigenvalue weighted by atomic mass is 16.4. The zero-order valence-electron chi connectivity index (χ0n) is 10.2. The van der Waals surface area contributed by atoms with Gasteiger partial charge in [0.2, 0.25) is 5.89 Å². The molecule has 1 aromatic carbocycles. The van der Waals surface area contributed by atoms with Crippen LogP contribution in [0.5, 0.6) is 5.75 Å². The Kier molecular flexibility index (Phi) is 2.72. The first kappa shape index (κ1) is 11.4. The summed E-state index contributed by atoms with van der Waals surface area (Å²) < 4.78 is 5.55. The van der Waals surface area contributed by atoms with E-state index < -0.39 is 0 Å². The number of nitrogens with zero attached hydrogens (tertiary/aromatic N) is 3. The van der Waals surface area contributed by atoms with Gasteiger partial charge in [0.25, 0.3) is 5.89 Å². The Bertz CT molecular complexity index is 708. The van der Waals surface area contributed by atoms with E-state index in [1.165, 1.54) is 0 Å². The lowest BCUT2D eigenvalue weighted by molar-refractivity contribution is 0.473. The van der Waals surface area contributed by atoms with Crippen molar-refractivity contribution in [2.75, 3.05) is 0 Å². The van der Waals surface area contributed by atoms with E-state index in [2.05, 4.69) is 15.2 Å². The van der Waals surface area contributed by atoms with E-state index in [1.54, 1.807) is 30.6 Å². The summed E-state index contributed by atoms with van der Waals surface area (Å²) in [6.07, 6.45) is 3.32. The van der Waals surface area contributed by atoms with Gasteiger partial charge in [0.05, 0.1) is 11.1 Å². The number of phenols is 1. The average Bonchev–Trinajstić information content (AvgIpc) is 2.89. The topological polar surface area (TPSA) is 72.0 Å².